The van der Waals surface area contributed by atoms with Gasteiger partial charge in [0.05, 0.1) is 6.20 Å². The van der Waals surface area contributed by atoms with Gasteiger partial charge in [0.2, 0.25) is 0 Å². The SMILES string of the molecule is CCc1ccc(C(=O)Nc2ccc(C)c(C#Cc3cnc4ccccn34)c2)cc1C. The summed E-state index contributed by atoms with van der Waals surface area (Å²) < 4.78 is 1.95. The Morgan fingerprint density at radius 3 is 2.70 bits per heavy atom. The van der Waals surface area contributed by atoms with Gasteiger partial charge >= 0.3 is 0 Å². The summed E-state index contributed by atoms with van der Waals surface area (Å²) in [5, 5.41) is 2.99. The van der Waals surface area contributed by atoms with Crippen LogP contribution in [0.2, 0.25) is 0 Å². The van der Waals surface area contributed by atoms with E-state index < -0.39 is 0 Å². The highest BCUT2D eigenvalue weighted by molar-refractivity contribution is 6.04. The molecule has 0 saturated heterocycles. The lowest BCUT2D eigenvalue weighted by Crippen LogP contribution is -2.12. The normalized spacial score (nSPS) is 10.5. The number of amides is 1. The first-order chi connectivity index (χ1) is 14.5. The van der Waals surface area contributed by atoms with Crippen LogP contribution in [0.4, 0.5) is 5.69 Å². The molecule has 1 amide bonds. The number of benzene rings is 2. The molecule has 0 bridgehead atoms. The second-order valence-corrected chi connectivity index (χ2v) is 7.30. The zero-order chi connectivity index (χ0) is 21.1. The Bertz CT molecular complexity index is 1300. The summed E-state index contributed by atoms with van der Waals surface area (Å²) in [5.41, 5.74) is 7.39. The Hall–Kier alpha value is -3.84. The largest absolute Gasteiger partial charge is 0.322 e. The van der Waals surface area contributed by atoms with Gasteiger partial charge < -0.3 is 5.32 Å². The number of aryl methyl sites for hydroxylation is 3. The Labute approximate surface area is 176 Å². The van der Waals surface area contributed by atoms with Gasteiger partial charge in [0.1, 0.15) is 11.3 Å². The number of aromatic nitrogens is 2. The predicted octanol–water partition coefficient (Wildman–Crippen LogP) is 5.17. The van der Waals surface area contributed by atoms with E-state index in [1.165, 1.54) is 5.56 Å². The number of nitrogens with one attached hydrogen (secondary N) is 1. The van der Waals surface area contributed by atoms with Crippen LogP contribution in [0.25, 0.3) is 5.65 Å². The molecule has 4 nitrogen and oxygen atoms in total. The molecule has 0 radical (unpaired) electrons. The van der Waals surface area contributed by atoms with E-state index in [0.29, 0.717) is 5.56 Å². The van der Waals surface area contributed by atoms with E-state index in [0.717, 1.165) is 40.1 Å². The third kappa shape index (κ3) is 3.97. The maximum Gasteiger partial charge on any atom is 0.255 e. The van der Waals surface area contributed by atoms with E-state index >= 15 is 0 Å². The van der Waals surface area contributed by atoms with Crippen LogP contribution in [0.15, 0.2) is 67.0 Å². The predicted molar refractivity (Wildman–Crippen MR) is 121 cm³/mol. The number of hydrogen-bond donors (Lipinski definition) is 1. The lowest BCUT2D eigenvalue weighted by atomic mass is 10.0. The van der Waals surface area contributed by atoms with Crippen LogP contribution >= 0.6 is 0 Å². The topological polar surface area (TPSA) is 46.4 Å². The molecule has 0 aliphatic heterocycles. The minimum Gasteiger partial charge on any atom is -0.322 e. The zero-order valence-corrected chi connectivity index (χ0v) is 17.4. The van der Waals surface area contributed by atoms with Gasteiger partial charge in [0.25, 0.3) is 5.91 Å². The molecule has 0 atom stereocenters. The molecule has 0 unspecified atom stereocenters. The molecule has 4 rings (SSSR count). The van der Waals surface area contributed by atoms with Gasteiger partial charge in [-0.3, -0.25) is 9.20 Å². The lowest BCUT2D eigenvalue weighted by Gasteiger charge is -2.09. The van der Waals surface area contributed by atoms with Gasteiger partial charge in [-0.1, -0.05) is 31.0 Å². The molecule has 4 aromatic rings. The Balaban J connectivity index is 1.58. The van der Waals surface area contributed by atoms with Crippen LogP contribution in [0.1, 0.15) is 45.2 Å². The minimum absolute atomic E-state index is 0.120. The molecule has 0 aliphatic carbocycles. The van der Waals surface area contributed by atoms with Crippen molar-refractivity contribution in [1.82, 2.24) is 9.38 Å². The van der Waals surface area contributed by atoms with Gasteiger partial charge in [-0.15, -0.1) is 0 Å². The molecular formula is C26H23N3O. The molecule has 0 saturated carbocycles. The highest BCUT2D eigenvalue weighted by atomic mass is 16.1. The molecule has 148 valence electrons. The number of pyridine rings is 1. The summed E-state index contributed by atoms with van der Waals surface area (Å²) in [7, 11) is 0. The van der Waals surface area contributed by atoms with E-state index in [-0.39, 0.29) is 5.91 Å². The molecule has 2 aromatic carbocycles. The van der Waals surface area contributed by atoms with Gasteiger partial charge in [0, 0.05) is 23.0 Å². The molecule has 30 heavy (non-hydrogen) atoms. The van der Waals surface area contributed by atoms with Crippen LogP contribution < -0.4 is 5.32 Å². The summed E-state index contributed by atoms with van der Waals surface area (Å²) in [6, 6.07) is 17.5. The smallest absolute Gasteiger partial charge is 0.255 e. The van der Waals surface area contributed by atoms with Crippen molar-refractivity contribution in [2.75, 3.05) is 5.32 Å². The first kappa shape index (κ1) is 19.5. The molecule has 4 heteroatoms. The molecule has 0 aliphatic rings. The Kier molecular flexibility index (Phi) is 5.36. The van der Waals surface area contributed by atoms with Crippen molar-refractivity contribution < 1.29 is 4.79 Å². The third-order valence-corrected chi connectivity index (χ3v) is 5.22. The fourth-order valence-corrected chi connectivity index (χ4v) is 3.43. The summed E-state index contributed by atoms with van der Waals surface area (Å²) in [6.07, 6.45) is 4.67. The van der Waals surface area contributed by atoms with E-state index in [1.54, 1.807) is 6.20 Å². The second-order valence-electron chi connectivity index (χ2n) is 7.30. The zero-order valence-electron chi connectivity index (χ0n) is 17.4. The number of imidazole rings is 1. The number of carbonyl (C=O) groups excluding carboxylic acids is 1. The van der Waals surface area contributed by atoms with E-state index in [9.17, 15) is 4.79 Å². The Morgan fingerprint density at radius 2 is 1.90 bits per heavy atom. The van der Waals surface area contributed by atoms with Crippen LogP contribution in [-0.4, -0.2) is 15.3 Å². The number of anilines is 1. The molecule has 0 spiro atoms. The Morgan fingerprint density at radius 1 is 1.03 bits per heavy atom. The van der Waals surface area contributed by atoms with Crippen molar-refractivity contribution in [3.8, 4) is 11.8 Å². The van der Waals surface area contributed by atoms with Crippen LogP contribution in [0.5, 0.6) is 0 Å². The van der Waals surface area contributed by atoms with Crippen molar-refractivity contribution in [1.29, 1.82) is 0 Å². The van der Waals surface area contributed by atoms with Crippen molar-refractivity contribution >= 4 is 17.2 Å². The fraction of sp³-hybridized carbons (Fsp3) is 0.154. The average molecular weight is 393 g/mol. The van der Waals surface area contributed by atoms with Gasteiger partial charge in [0.15, 0.2) is 0 Å². The van der Waals surface area contributed by atoms with Gasteiger partial charge in [-0.2, -0.15) is 0 Å². The molecule has 2 aromatic heterocycles. The first-order valence-corrected chi connectivity index (χ1v) is 10.0. The highest BCUT2D eigenvalue weighted by Crippen LogP contribution is 2.17. The van der Waals surface area contributed by atoms with Crippen molar-refractivity contribution in [2.45, 2.75) is 27.2 Å². The maximum absolute atomic E-state index is 12.7. The van der Waals surface area contributed by atoms with Crippen LogP contribution in [-0.2, 0) is 6.42 Å². The molecule has 2 heterocycles. The molecular weight excluding hydrogens is 370 g/mol. The lowest BCUT2D eigenvalue weighted by molar-refractivity contribution is 0.102. The molecule has 1 N–H and O–H groups in total. The molecule has 0 fully saturated rings. The fourth-order valence-electron chi connectivity index (χ4n) is 3.43. The highest BCUT2D eigenvalue weighted by Gasteiger charge is 2.09. The van der Waals surface area contributed by atoms with Crippen LogP contribution in [0, 0.1) is 25.7 Å². The minimum atomic E-state index is -0.120. The number of carbonyl (C=O) groups is 1. The second kappa shape index (κ2) is 8.26. The standard InChI is InChI=1S/C26H23N3O/c1-4-20-9-10-22(15-19(20)3)26(30)28-23-12-8-18(2)21(16-23)11-13-24-17-27-25-7-5-6-14-29(24)25/h5-10,12,14-17H,4H2,1-3H3,(H,28,30). The summed E-state index contributed by atoms with van der Waals surface area (Å²) in [4.78, 5) is 17.1. The van der Waals surface area contributed by atoms with Crippen LogP contribution in [0.3, 0.4) is 0 Å². The van der Waals surface area contributed by atoms with E-state index in [4.69, 9.17) is 0 Å². The monoisotopic (exact) mass is 393 g/mol. The summed E-state index contributed by atoms with van der Waals surface area (Å²) in [6.45, 7) is 6.16. The van der Waals surface area contributed by atoms with Gasteiger partial charge in [-0.25, -0.2) is 4.98 Å². The number of fused-ring (bicyclic) bond motifs is 1. The summed E-state index contributed by atoms with van der Waals surface area (Å²) >= 11 is 0. The number of rotatable bonds is 3. The average Bonchev–Trinajstić information content (AvgIpc) is 3.17. The number of hydrogen-bond acceptors (Lipinski definition) is 2. The quantitative estimate of drug-likeness (QED) is 0.488. The van der Waals surface area contributed by atoms with E-state index in [1.807, 2.05) is 79.0 Å². The number of nitrogens with zero attached hydrogens (tertiary/aromatic N) is 2. The van der Waals surface area contributed by atoms with Gasteiger partial charge in [-0.05, 0) is 79.3 Å². The third-order valence-electron chi connectivity index (χ3n) is 5.22. The van der Waals surface area contributed by atoms with E-state index in [2.05, 4.69) is 29.1 Å². The van der Waals surface area contributed by atoms with Crippen molar-refractivity contribution in [2.24, 2.45) is 0 Å². The summed E-state index contributed by atoms with van der Waals surface area (Å²) in [5.74, 6) is 6.30. The van der Waals surface area contributed by atoms with Crippen molar-refractivity contribution in [3.05, 3.63) is 101 Å². The van der Waals surface area contributed by atoms with Crippen molar-refractivity contribution in [3.63, 3.8) is 0 Å². The maximum atomic E-state index is 12.7. The first-order valence-electron chi connectivity index (χ1n) is 10.0.